The minimum absolute atomic E-state index is 0.111. The fraction of sp³-hybridized carbons (Fsp3) is 0.267. The molecule has 5 nitrogen and oxygen atoms in total. The van der Waals surface area contributed by atoms with Crippen LogP contribution in [0.5, 0.6) is 0 Å². The number of aryl methyl sites for hydroxylation is 1. The van der Waals surface area contributed by atoms with Gasteiger partial charge < -0.3 is 5.11 Å². The molecule has 0 spiro atoms. The van der Waals surface area contributed by atoms with Crippen molar-refractivity contribution in [1.82, 2.24) is 9.78 Å². The Morgan fingerprint density at radius 2 is 2.05 bits per heavy atom. The van der Waals surface area contributed by atoms with Gasteiger partial charge in [0.25, 0.3) is 0 Å². The number of carbonyl (C=O) groups is 1. The van der Waals surface area contributed by atoms with Gasteiger partial charge in [-0.3, -0.25) is 4.79 Å². The Morgan fingerprint density at radius 1 is 1.38 bits per heavy atom. The summed E-state index contributed by atoms with van der Waals surface area (Å²) >= 11 is 0. The molecule has 0 unspecified atom stereocenters. The van der Waals surface area contributed by atoms with Gasteiger partial charge in [0.05, 0.1) is 0 Å². The highest BCUT2D eigenvalue weighted by Crippen LogP contribution is 2.17. The van der Waals surface area contributed by atoms with Crippen molar-refractivity contribution in [3.8, 4) is 5.69 Å². The van der Waals surface area contributed by atoms with E-state index in [4.69, 9.17) is 5.11 Å². The van der Waals surface area contributed by atoms with Gasteiger partial charge in [-0.25, -0.2) is 13.9 Å². The molecule has 2 aromatic rings. The van der Waals surface area contributed by atoms with Gasteiger partial charge in [0.2, 0.25) is 11.1 Å². The fourth-order valence-electron chi connectivity index (χ4n) is 1.98. The number of aromatic nitrogens is 2. The molecule has 1 aromatic heterocycles. The highest BCUT2D eigenvalue weighted by molar-refractivity contribution is 5.85. The number of aromatic carboxylic acids is 1. The Bertz CT molecular complexity index is 766. The molecule has 6 heteroatoms. The van der Waals surface area contributed by atoms with E-state index < -0.39 is 22.9 Å². The van der Waals surface area contributed by atoms with E-state index >= 15 is 0 Å². The predicted octanol–water partition coefficient (Wildman–Crippen LogP) is 2.50. The van der Waals surface area contributed by atoms with E-state index in [2.05, 4.69) is 5.10 Å². The van der Waals surface area contributed by atoms with Crippen LogP contribution in [0.2, 0.25) is 0 Å². The SMILES string of the molecule is Cc1ccc(F)c(-n2cc(C(C)C)c(=O)c(C(=O)O)n2)c1. The van der Waals surface area contributed by atoms with Crippen LogP contribution in [0.1, 0.15) is 41.4 Å². The van der Waals surface area contributed by atoms with Crippen LogP contribution in [-0.2, 0) is 0 Å². The molecule has 1 N–H and O–H groups in total. The molecule has 0 aliphatic heterocycles. The third kappa shape index (κ3) is 2.84. The zero-order valence-corrected chi connectivity index (χ0v) is 11.9. The summed E-state index contributed by atoms with van der Waals surface area (Å²) in [6, 6.07) is 4.42. The third-order valence-electron chi connectivity index (χ3n) is 3.12. The maximum absolute atomic E-state index is 13.9. The molecule has 0 fully saturated rings. The minimum atomic E-state index is -1.43. The van der Waals surface area contributed by atoms with E-state index in [-0.39, 0.29) is 17.2 Å². The first-order chi connectivity index (χ1) is 9.81. The molecule has 110 valence electrons. The first-order valence-electron chi connectivity index (χ1n) is 6.45. The molecule has 0 amide bonds. The van der Waals surface area contributed by atoms with Crippen LogP contribution in [0.3, 0.4) is 0 Å². The molecule has 0 aliphatic carbocycles. The molecule has 21 heavy (non-hydrogen) atoms. The van der Waals surface area contributed by atoms with E-state index in [1.807, 2.05) is 0 Å². The second kappa shape index (κ2) is 5.47. The first kappa shape index (κ1) is 14.9. The molecule has 0 bridgehead atoms. The summed E-state index contributed by atoms with van der Waals surface area (Å²) in [4.78, 5) is 23.2. The number of nitrogens with zero attached hydrogens (tertiary/aromatic N) is 2. The lowest BCUT2D eigenvalue weighted by Gasteiger charge is -2.12. The van der Waals surface area contributed by atoms with E-state index in [1.54, 1.807) is 32.9 Å². The number of halogens is 1. The number of rotatable bonds is 3. The van der Waals surface area contributed by atoms with E-state index in [0.29, 0.717) is 0 Å². The number of carboxylic acids is 1. The number of carboxylic acid groups (broad SMARTS) is 1. The van der Waals surface area contributed by atoms with Crippen LogP contribution in [-0.4, -0.2) is 20.9 Å². The summed E-state index contributed by atoms with van der Waals surface area (Å²) in [6.07, 6.45) is 1.39. The smallest absolute Gasteiger partial charge is 0.360 e. The standard InChI is InChI=1S/C15H15FN2O3/c1-8(2)10-7-18(17-13(14(10)19)15(20)21)12-6-9(3)4-5-11(12)16/h4-8H,1-3H3,(H,20,21). The average molecular weight is 290 g/mol. The van der Waals surface area contributed by atoms with Crippen molar-refractivity contribution < 1.29 is 14.3 Å². The van der Waals surface area contributed by atoms with Crippen molar-refractivity contribution in [2.24, 2.45) is 0 Å². The molecule has 0 aliphatic rings. The number of benzene rings is 1. The molecular weight excluding hydrogens is 275 g/mol. The Balaban J connectivity index is 2.78. The quantitative estimate of drug-likeness (QED) is 0.942. The summed E-state index contributed by atoms with van der Waals surface area (Å²) in [5.74, 6) is -2.16. The topological polar surface area (TPSA) is 72.2 Å². The lowest BCUT2D eigenvalue weighted by molar-refractivity contribution is 0.0686. The Morgan fingerprint density at radius 3 is 2.62 bits per heavy atom. The zero-order valence-electron chi connectivity index (χ0n) is 11.9. The van der Waals surface area contributed by atoms with Gasteiger partial charge in [0, 0.05) is 11.8 Å². The summed E-state index contributed by atoms with van der Waals surface area (Å²) < 4.78 is 15.0. The largest absolute Gasteiger partial charge is 0.476 e. The average Bonchev–Trinajstić information content (AvgIpc) is 2.41. The normalized spacial score (nSPS) is 10.9. The van der Waals surface area contributed by atoms with Crippen molar-refractivity contribution in [3.05, 3.63) is 57.3 Å². The van der Waals surface area contributed by atoms with Gasteiger partial charge in [-0.05, 0) is 30.5 Å². The van der Waals surface area contributed by atoms with Gasteiger partial charge in [0.1, 0.15) is 11.5 Å². The Kier molecular flexibility index (Phi) is 3.88. The van der Waals surface area contributed by atoms with Crippen molar-refractivity contribution in [1.29, 1.82) is 0 Å². The van der Waals surface area contributed by atoms with E-state index in [0.717, 1.165) is 10.2 Å². The molecule has 0 saturated heterocycles. The van der Waals surface area contributed by atoms with Crippen LogP contribution in [0, 0.1) is 12.7 Å². The highest BCUT2D eigenvalue weighted by atomic mass is 19.1. The van der Waals surface area contributed by atoms with Crippen molar-refractivity contribution >= 4 is 5.97 Å². The zero-order chi connectivity index (χ0) is 15.7. The lowest BCUT2D eigenvalue weighted by Crippen LogP contribution is -2.25. The van der Waals surface area contributed by atoms with Gasteiger partial charge >= 0.3 is 5.97 Å². The Hall–Kier alpha value is -2.50. The Labute approximate surface area is 120 Å². The van der Waals surface area contributed by atoms with Crippen LogP contribution in [0.4, 0.5) is 4.39 Å². The number of hydrogen-bond donors (Lipinski definition) is 1. The molecular formula is C15H15FN2O3. The van der Waals surface area contributed by atoms with Crippen molar-refractivity contribution in [3.63, 3.8) is 0 Å². The molecule has 0 atom stereocenters. The fourth-order valence-corrected chi connectivity index (χ4v) is 1.98. The van der Waals surface area contributed by atoms with Gasteiger partial charge in [-0.1, -0.05) is 19.9 Å². The van der Waals surface area contributed by atoms with Gasteiger partial charge in [-0.15, -0.1) is 0 Å². The monoisotopic (exact) mass is 290 g/mol. The van der Waals surface area contributed by atoms with Gasteiger partial charge in [0.15, 0.2) is 0 Å². The van der Waals surface area contributed by atoms with Crippen LogP contribution >= 0.6 is 0 Å². The minimum Gasteiger partial charge on any atom is -0.476 e. The highest BCUT2D eigenvalue weighted by Gasteiger charge is 2.19. The molecule has 1 heterocycles. The second-order valence-corrected chi connectivity index (χ2v) is 5.12. The third-order valence-corrected chi connectivity index (χ3v) is 3.12. The predicted molar refractivity (Wildman–Crippen MR) is 75.6 cm³/mol. The maximum atomic E-state index is 13.9. The van der Waals surface area contributed by atoms with Crippen LogP contribution in [0.15, 0.2) is 29.2 Å². The van der Waals surface area contributed by atoms with Crippen LogP contribution in [0.25, 0.3) is 5.69 Å². The van der Waals surface area contributed by atoms with Crippen molar-refractivity contribution in [2.75, 3.05) is 0 Å². The second-order valence-electron chi connectivity index (χ2n) is 5.12. The molecule has 0 saturated carbocycles. The summed E-state index contributed by atoms with van der Waals surface area (Å²) in [5, 5.41) is 12.8. The van der Waals surface area contributed by atoms with Gasteiger partial charge in [-0.2, -0.15) is 5.10 Å². The molecule has 2 rings (SSSR count). The summed E-state index contributed by atoms with van der Waals surface area (Å²) in [6.45, 7) is 5.31. The van der Waals surface area contributed by atoms with E-state index in [9.17, 15) is 14.0 Å². The lowest BCUT2D eigenvalue weighted by atomic mass is 10.0. The molecule has 1 aromatic carbocycles. The van der Waals surface area contributed by atoms with Crippen molar-refractivity contribution in [2.45, 2.75) is 26.7 Å². The first-order valence-corrected chi connectivity index (χ1v) is 6.45. The van der Waals surface area contributed by atoms with Crippen LogP contribution < -0.4 is 5.43 Å². The summed E-state index contributed by atoms with van der Waals surface area (Å²) in [7, 11) is 0. The summed E-state index contributed by atoms with van der Waals surface area (Å²) in [5.41, 5.74) is -0.0542. The maximum Gasteiger partial charge on any atom is 0.360 e. The molecule has 0 radical (unpaired) electrons. The number of hydrogen-bond acceptors (Lipinski definition) is 3. The van der Waals surface area contributed by atoms with E-state index in [1.165, 1.54) is 12.3 Å².